The topological polar surface area (TPSA) is 48.1 Å². The number of hydrogen-bond acceptors (Lipinski definition) is 3. The zero-order chi connectivity index (χ0) is 13.0. The van der Waals surface area contributed by atoms with Gasteiger partial charge in [0.25, 0.3) is 0 Å². The maximum absolute atomic E-state index is 6.06. The molecule has 0 unspecified atom stereocenters. The largest absolute Gasteiger partial charge is 0.457 e. The highest BCUT2D eigenvalue weighted by molar-refractivity contribution is 6.31. The van der Waals surface area contributed by atoms with Crippen molar-refractivity contribution in [3.63, 3.8) is 0 Å². The first kappa shape index (κ1) is 12.9. The highest BCUT2D eigenvalue weighted by Crippen LogP contribution is 2.26. The van der Waals surface area contributed by atoms with Gasteiger partial charge in [-0.05, 0) is 36.2 Å². The first-order chi connectivity index (χ1) is 8.72. The van der Waals surface area contributed by atoms with Gasteiger partial charge in [-0.3, -0.25) is 4.98 Å². The summed E-state index contributed by atoms with van der Waals surface area (Å²) in [5, 5.41) is 0.766. The second-order valence-electron chi connectivity index (χ2n) is 3.90. The number of nitrogens with zero attached hydrogens (tertiary/aromatic N) is 1. The van der Waals surface area contributed by atoms with Crippen LogP contribution in [-0.2, 0) is 13.0 Å². The van der Waals surface area contributed by atoms with Crippen LogP contribution in [0.3, 0.4) is 0 Å². The summed E-state index contributed by atoms with van der Waals surface area (Å²) in [7, 11) is 0. The standard InChI is InChI=1S/C14H15ClN2O/c1-2-10-7-12(3-4-14(10)15)18-13-5-6-17-11(8-13)9-16/h3-8H,2,9,16H2,1H3. The van der Waals surface area contributed by atoms with Gasteiger partial charge in [-0.2, -0.15) is 0 Å². The van der Waals surface area contributed by atoms with Crippen LogP contribution in [0.25, 0.3) is 0 Å². The fourth-order valence-corrected chi connectivity index (χ4v) is 1.90. The lowest BCUT2D eigenvalue weighted by Crippen LogP contribution is -1.99. The molecule has 0 spiro atoms. The van der Waals surface area contributed by atoms with E-state index in [2.05, 4.69) is 11.9 Å². The Kier molecular flexibility index (Phi) is 4.18. The fourth-order valence-electron chi connectivity index (χ4n) is 1.65. The summed E-state index contributed by atoms with van der Waals surface area (Å²) in [4.78, 5) is 4.12. The number of rotatable bonds is 4. The van der Waals surface area contributed by atoms with Crippen LogP contribution in [0.15, 0.2) is 36.5 Å². The molecule has 2 rings (SSSR count). The van der Waals surface area contributed by atoms with Gasteiger partial charge >= 0.3 is 0 Å². The zero-order valence-electron chi connectivity index (χ0n) is 10.2. The van der Waals surface area contributed by atoms with Gasteiger partial charge in [-0.25, -0.2) is 0 Å². The Morgan fingerprint density at radius 1 is 1.22 bits per heavy atom. The molecular formula is C14H15ClN2O. The van der Waals surface area contributed by atoms with Gasteiger partial charge in [0.2, 0.25) is 0 Å². The van der Waals surface area contributed by atoms with Crippen LogP contribution < -0.4 is 10.5 Å². The van der Waals surface area contributed by atoms with E-state index in [1.54, 1.807) is 12.3 Å². The van der Waals surface area contributed by atoms with Gasteiger partial charge in [0.05, 0.1) is 5.69 Å². The Hall–Kier alpha value is -1.58. The molecule has 2 N–H and O–H groups in total. The van der Waals surface area contributed by atoms with E-state index in [0.29, 0.717) is 6.54 Å². The molecule has 0 amide bonds. The number of halogens is 1. The molecule has 0 aliphatic rings. The molecule has 4 heteroatoms. The molecule has 0 atom stereocenters. The molecular weight excluding hydrogens is 248 g/mol. The third-order valence-corrected chi connectivity index (χ3v) is 3.00. The van der Waals surface area contributed by atoms with Crippen molar-refractivity contribution in [1.82, 2.24) is 4.98 Å². The molecule has 0 fully saturated rings. The molecule has 1 heterocycles. The van der Waals surface area contributed by atoms with E-state index in [9.17, 15) is 0 Å². The van der Waals surface area contributed by atoms with E-state index in [1.165, 1.54) is 0 Å². The Bertz CT molecular complexity index is 543. The Morgan fingerprint density at radius 3 is 2.72 bits per heavy atom. The molecule has 3 nitrogen and oxygen atoms in total. The van der Waals surface area contributed by atoms with Crippen LogP contribution in [0, 0.1) is 0 Å². The van der Waals surface area contributed by atoms with Crippen molar-refractivity contribution in [1.29, 1.82) is 0 Å². The average molecular weight is 263 g/mol. The smallest absolute Gasteiger partial charge is 0.130 e. The van der Waals surface area contributed by atoms with Crippen LogP contribution in [0.1, 0.15) is 18.2 Å². The van der Waals surface area contributed by atoms with Crippen molar-refractivity contribution in [2.75, 3.05) is 0 Å². The quantitative estimate of drug-likeness (QED) is 0.917. The molecule has 0 aliphatic heterocycles. The van der Waals surface area contributed by atoms with Gasteiger partial charge in [0.15, 0.2) is 0 Å². The lowest BCUT2D eigenvalue weighted by molar-refractivity contribution is 0.480. The normalized spacial score (nSPS) is 10.4. The SMILES string of the molecule is CCc1cc(Oc2ccnc(CN)c2)ccc1Cl. The van der Waals surface area contributed by atoms with Gasteiger partial charge in [0, 0.05) is 23.8 Å². The molecule has 94 valence electrons. The number of ether oxygens (including phenoxy) is 1. The fraction of sp³-hybridized carbons (Fsp3) is 0.214. The Morgan fingerprint density at radius 2 is 2.00 bits per heavy atom. The molecule has 0 aliphatic carbocycles. The Balaban J connectivity index is 2.22. The van der Waals surface area contributed by atoms with Crippen LogP contribution in [0.4, 0.5) is 0 Å². The van der Waals surface area contributed by atoms with Gasteiger partial charge < -0.3 is 10.5 Å². The molecule has 0 radical (unpaired) electrons. The molecule has 18 heavy (non-hydrogen) atoms. The number of benzene rings is 1. The number of pyridine rings is 1. The van der Waals surface area contributed by atoms with Gasteiger partial charge in [-0.15, -0.1) is 0 Å². The highest BCUT2D eigenvalue weighted by atomic mass is 35.5. The van der Waals surface area contributed by atoms with Crippen molar-refractivity contribution in [3.8, 4) is 11.5 Å². The maximum Gasteiger partial charge on any atom is 0.130 e. The van der Waals surface area contributed by atoms with Crippen LogP contribution in [0.5, 0.6) is 11.5 Å². The van der Waals surface area contributed by atoms with Crippen molar-refractivity contribution in [2.45, 2.75) is 19.9 Å². The third-order valence-electron chi connectivity index (χ3n) is 2.63. The predicted molar refractivity (Wildman–Crippen MR) is 73.0 cm³/mol. The van der Waals surface area contributed by atoms with E-state index in [0.717, 1.165) is 34.2 Å². The molecule has 1 aromatic heterocycles. The minimum absolute atomic E-state index is 0.401. The number of aromatic nitrogens is 1. The minimum atomic E-state index is 0.401. The predicted octanol–water partition coefficient (Wildman–Crippen LogP) is 3.55. The first-order valence-corrected chi connectivity index (χ1v) is 6.22. The molecule has 2 aromatic rings. The molecule has 0 saturated heterocycles. The summed E-state index contributed by atoms with van der Waals surface area (Å²) in [6.07, 6.45) is 2.56. The first-order valence-electron chi connectivity index (χ1n) is 5.84. The lowest BCUT2D eigenvalue weighted by Gasteiger charge is -2.09. The average Bonchev–Trinajstić information content (AvgIpc) is 2.41. The summed E-state index contributed by atoms with van der Waals surface area (Å²) in [5.41, 5.74) is 7.42. The summed E-state index contributed by atoms with van der Waals surface area (Å²) in [6, 6.07) is 9.29. The Labute approximate surface area is 112 Å². The van der Waals surface area contributed by atoms with E-state index < -0.39 is 0 Å². The minimum Gasteiger partial charge on any atom is -0.457 e. The van der Waals surface area contributed by atoms with E-state index in [-0.39, 0.29) is 0 Å². The number of nitrogens with two attached hydrogens (primary N) is 1. The van der Waals surface area contributed by atoms with Crippen molar-refractivity contribution in [2.24, 2.45) is 5.73 Å². The molecule has 1 aromatic carbocycles. The van der Waals surface area contributed by atoms with Gasteiger partial charge in [0.1, 0.15) is 11.5 Å². The number of aryl methyl sites for hydroxylation is 1. The second-order valence-corrected chi connectivity index (χ2v) is 4.30. The summed E-state index contributed by atoms with van der Waals surface area (Å²) in [5.74, 6) is 1.50. The van der Waals surface area contributed by atoms with Crippen LogP contribution >= 0.6 is 11.6 Å². The van der Waals surface area contributed by atoms with Crippen LogP contribution in [0.2, 0.25) is 5.02 Å². The van der Waals surface area contributed by atoms with Crippen molar-refractivity contribution in [3.05, 3.63) is 52.8 Å². The zero-order valence-corrected chi connectivity index (χ0v) is 10.9. The number of hydrogen-bond donors (Lipinski definition) is 1. The summed E-state index contributed by atoms with van der Waals surface area (Å²) >= 11 is 6.06. The van der Waals surface area contributed by atoms with Crippen molar-refractivity contribution < 1.29 is 4.74 Å². The second kappa shape index (κ2) is 5.85. The monoisotopic (exact) mass is 262 g/mol. The molecule has 0 bridgehead atoms. The van der Waals surface area contributed by atoms with E-state index in [4.69, 9.17) is 22.1 Å². The summed E-state index contributed by atoms with van der Waals surface area (Å²) in [6.45, 7) is 2.46. The lowest BCUT2D eigenvalue weighted by atomic mass is 10.1. The summed E-state index contributed by atoms with van der Waals surface area (Å²) < 4.78 is 5.76. The van der Waals surface area contributed by atoms with Crippen LogP contribution in [-0.4, -0.2) is 4.98 Å². The third kappa shape index (κ3) is 3.00. The molecule has 0 saturated carbocycles. The van der Waals surface area contributed by atoms with E-state index in [1.807, 2.05) is 24.3 Å². The maximum atomic E-state index is 6.06. The van der Waals surface area contributed by atoms with Gasteiger partial charge in [-0.1, -0.05) is 18.5 Å². The van der Waals surface area contributed by atoms with Crippen molar-refractivity contribution >= 4 is 11.6 Å². The highest BCUT2D eigenvalue weighted by Gasteiger charge is 2.03. The van der Waals surface area contributed by atoms with E-state index >= 15 is 0 Å².